The van der Waals surface area contributed by atoms with Gasteiger partial charge in [-0.1, -0.05) is 11.6 Å². The van der Waals surface area contributed by atoms with Crippen LogP contribution in [0.5, 0.6) is 5.75 Å². The van der Waals surface area contributed by atoms with Crippen molar-refractivity contribution >= 4 is 23.4 Å². The lowest BCUT2D eigenvalue weighted by Crippen LogP contribution is -2.51. The van der Waals surface area contributed by atoms with Gasteiger partial charge in [0.2, 0.25) is 5.91 Å². The molecule has 154 valence electrons. The molecule has 2 heterocycles. The molecule has 0 unspecified atom stereocenters. The van der Waals surface area contributed by atoms with Gasteiger partial charge in [0, 0.05) is 50.7 Å². The fourth-order valence-electron chi connectivity index (χ4n) is 3.56. The van der Waals surface area contributed by atoms with Crippen molar-refractivity contribution in [2.75, 3.05) is 39.8 Å². The number of carbonyl (C=O) groups is 2. The number of nitrogens with one attached hydrogen (secondary N) is 1. The van der Waals surface area contributed by atoms with E-state index in [2.05, 4.69) is 10.2 Å². The number of piperazine rings is 1. The van der Waals surface area contributed by atoms with Crippen molar-refractivity contribution in [1.82, 2.24) is 19.7 Å². The lowest BCUT2D eigenvalue weighted by molar-refractivity contribution is -0.122. The largest absolute Gasteiger partial charge is 0.496 e. The summed E-state index contributed by atoms with van der Waals surface area (Å²) in [4.78, 5) is 29.0. The van der Waals surface area contributed by atoms with Gasteiger partial charge in [-0.2, -0.15) is 0 Å². The van der Waals surface area contributed by atoms with Gasteiger partial charge in [-0.15, -0.1) is 0 Å². The lowest BCUT2D eigenvalue weighted by atomic mass is 10.1. The Hall–Kier alpha value is -2.51. The van der Waals surface area contributed by atoms with Crippen LogP contribution < -0.4 is 10.1 Å². The van der Waals surface area contributed by atoms with Gasteiger partial charge in [0.25, 0.3) is 5.91 Å². The Bertz CT molecular complexity index is 888. The highest BCUT2D eigenvalue weighted by atomic mass is 35.5. The molecule has 1 aliphatic carbocycles. The van der Waals surface area contributed by atoms with E-state index in [1.165, 1.54) is 0 Å². The molecular weight excluding hydrogens is 392 g/mol. The Morgan fingerprint density at radius 1 is 1.14 bits per heavy atom. The van der Waals surface area contributed by atoms with E-state index in [0.29, 0.717) is 55.1 Å². The van der Waals surface area contributed by atoms with E-state index in [1.807, 2.05) is 29.1 Å². The number of nitrogens with zero attached hydrogens (tertiary/aromatic N) is 3. The third-order valence-electron chi connectivity index (χ3n) is 5.35. The van der Waals surface area contributed by atoms with Crippen LogP contribution in [0.3, 0.4) is 0 Å². The number of methoxy groups -OCH3 is 1. The van der Waals surface area contributed by atoms with E-state index in [4.69, 9.17) is 16.3 Å². The highest BCUT2D eigenvalue weighted by Gasteiger charge is 2.28. The summed E-state index contributed by atoms with van der Waals surface area (Å²) in [6.45, 7) is 2.85. The van der Waals surface area contributed by atoms with Crippen LogP contribution in [0.25, 0.3) is 5.69 Å². The van der Waals surface area contributed by atoms with E-state index in [9.17, 15) is 9.59 Å². The second-order valence-corrected chi connectivity index (χ2v) is 7.91. The number of halogens is 1. The number of ether oxygens (including phenoxy) is 1. The van der Waals surface area contributed by atoms with Crippen LogP contribution in [0.2, 0.25) is 5.02 Å². The predicted molar refractivity (Wildman–Crippen MR) is 111 cm³/mol. The molecule has 0 atom stereocenters. The van der Waals surface area contributed by atoms with Gasteiger partial charge in [-0.25, -0.2) is 0 Å². The topological polar surface area (TPSA) is 66.8 Å². The van der Waals surface area contributed by atoms with Crippen LogP contribution in [0, 0.1) is 0 Å². The fraction of sp³-hybridized carbons (Fsp3) is 0.429. The van der Waals surface area contributed by atoms with Crippen LogP contribution in [0.15, 0.2) is 36.7 Å². The first-order chi connectivity index (χ1) is 14.0. The van der Waals surface area contributed by atoms with Crippen molar-refractivity contribution < 1.29 is 14.3 Å². The van der Waals surface area contributed by atoms with Crippen LogP contribution in [-0.2, 0) is 4.79 Å². The SMILES string of the molecule is COc1cc(-n2cccc2)c(Cl)cc1C(=O)N1CCN(CC(=O)NC2CC2)CC1. The summed E-state index contributed by atoms with van der Waals surface area (Å²) >= 11 is 6.46. The van der Waals surface area contributed by atoms with Gasteiger partial charge < -0.3 is 19.5 Å². The molecule has 1 aromatic heterocycles. The number of rotatable bonds is 6. The standard InChI is InChI=1S/C21H25ClN4O3/c1-29-19-13-18(25-6-2-3-7-25)17(22)12-16(19)21(28)26-10-8-24(9-11-26)14-20(27)23-15-4-5-15/h2-3,6-7,12-13,15H,4-5,8-11,14H2,1H3,(H,23,27). The summed E-state index contributed by atoms with van der Waals surface area (Å²) < 4.78 is 7.36. The molecule has 1 aliphatic heterocycles. The molecule has 1 aromatic carbocycles. The number of hydrogen-bond acceptors (Lipinski definition) is 4. The van der Waals surface area contributed by atoms with Crippen LogP contribution in [0.1, 0.15) is 23.2 Å². The molecule has 7 nitrogen and oxygen atoms in total. The number of amides is 2. The minimum absolute atomic E-state index is 0.0707. The molecule has 2 amide bonds. The van der Waals surface area contributed by atoms with E-state index in [1.54, 1.807) is 24.1 Å². The van der Waals surface area contributed by atoms with Crippen molar-refractivity contribution in [2.45, 2.75) is 18.9 Å². The molecule has 4 rings (SSSR count). The van der Waals surface area contributed by atoms with Gasteiger partial charge in [0.05, 0.1) is 29.9 Å². The number of benzene rings is 1. The zero-order chi connectivity index (χ0) is 20.4. The average Bonchev–Trinajstić information content (AvgIpc) is 3.36. The smallest absolute Gasteiger partial charge is 0.257 e. The Morgan fingerprint density at radius 2 is 1.83 bits per heavy atom. The Labute approximate surface area is 175 Å². The third-order valence-corrected chi connectivity index (χ3v) is 5.65. The summed E-state index contributed by atoms with van der Waals surface area (Å²) in [5.74, 6) is 0.459. The Balaban J connectivity index is 1.41. The molecule has 0 radical (unpaired) electrons. The number of carbonyl (C=O) groups excluding carboxylic acids is 2. The lowest BCUT2D eigenvalue weighted by Gasteiger charge is -2.34. The Kier molecular flexibility index (Phi) is 5.78. The van der Waals surface area contributed by atoms with E-state index in [0.717, 1.165) is 18.5 Å². The van der Waals surface area contributed by atoms with Crippen molar-refractivity contribution in [3.63, 3.8) is 0 Å². The zero-order valence-electron chi connectivity index (χ0n) is 16.4. The highest BCUT2D eigenvalue weighted by Crippen LogP contribution is 2.31. The second kappa shape index (κ2) is 8.47. The average molecular weight is 417 g/mol. The van der Waals surface area contributed by atoms with Gasteiger partial charge in [-0.05, 0) is 31.0 Å². The molecule has 0 bridgehead atoms. The number of hydrogen-bond donors (Lipinski definition) is 1. The monoisotopic (exact) mass is 416 g/mol. The fourth-order valence-corrected chi connectivity index (χ4v) is 3.82. The highest BCUT2D eigenvalue weighted by molar-refractivity contribution is 6.33. The molecule has 2 aromatic rings. The molecular formula is C21H25ClN4O3. The van der Waals surface area contributed by atoms with Gasteiger partial charge in [0.1, 0.15) is 5.75 Å². The molecule has 1 saturated heterocycles. The quantitative estimate of drug-likeness (QED) is 0.783. The zero-order valence-corrected chi connectivity index (χ0v) is 17.2. The molecule has 0 spiro atoms. The first kappa shape index (κ1) is 19.8. The summed E-state index contributed by atoms with van der Waals surface area (Å²) in [5.41, 5.74) is 1.21. The van der Waals surface area contributed by atoms with E-state index < -0.39 is 0 Å². The summed E-state index contributed by atoms with van der Waals surface area (Å²) in [7, 11) is 1.55. The molecule has 8 heteroatoms. The first-order valence-electron chi connectivity index (χ1n) is 9.87. The van der Waals surface area contributed by atoms with Crippen LogP contribution in [0.4, 0.5) is 0 Å². The van der Waals surface area contributed by atoms with Crippen LogP contribution >= 0.6 is 11.6 Å². The Morgan fingerprint density at radius 3 is 2.45 bits per heavy atom. The minimum Gasteiger partial charge on any atom is -0.496 e. The third kappa shape index (κ3) is 4.57. The van der Waals surface area contributed by atoms with E-state index >= 15 is 0 Å². The molecule has 1 saturated carbocycles. The predicted octanol–water partition coefficient (Wildman–Crippen LogP) is 2.18. The number of aromatic nitrogens is 1. The minimum atomic E-state index is -0.107. The van der Waals surface area contributed by atoms with Gasteiger partial charge >= 0.3 is 0 Å². The normalized spacial score (nSPS) is 17.2. The van der Waals surface area contributed by atoms with Crippen molar-refractivity contribution in [2.24, 2.45) is 0 Å². The first-order valence-corrected chi connectivity index (χ1v) is 10.2. The maximum Gasteiger partial charge on any atom is 0.257 e. The van der Waals surface area contributed by atoms with Crippen molar-refractivity contribution in [3.8, 4) is 11.4 Å². The molecule has 1 N–H and O–H groups in total. The molecule has 2 fully saturated rings. The van der Waals surface area contributed by atoms with Gasteiger partial charge in [0.15, 0.2) is 0 Å². The van der Waals surface area contributed by atoms with Crippen molar-refractivity contribution in [3.05, 3.63) is 47.2 Å². The summed E-state index contributed by atoms with van der Waals surface area (Å²) in [6.07, 6.45) is 5.95. The second-order valence-electron chi connectivity index (χ2n) is 7.50. The summed E-state index contributed by atoms with van der Waals surface area (Å²) in [6, 6.07) is 7.65. The van der Waals surface area contributed by atoms with Crippen molar-refractivity contribution in [1.29, 1.82) is 0 Å². The van der Waals surface area contributed by atoms with Crippen LogP contribution in [-0.4, -0.2) is 72.1 Å². The van der Waals surface area contributed by atoms with Gasteiger partial charge in [-0.3, -0.25) is 14.5 Å². The maximum atomic E-state index is 13.1. The molecule has 2 aliphatic rings. The summed E-state index contributed by atoms with van der Waals surface area (Å²) in [5, 5.41) is 3.49. The van der Waals surface area contributed by atoms with E-state index in [-0.39, 0.29) is 11.8 Å². The molecule has 29 heavy (non-hydrogen) atoms. The maximum absolute atomic E-state index is 13.1.